The topological polar surface area (TPSA) is 97.4 Å². The molecular formula is C32H31Cl2N5O3. The highest BCUT2D eigenvalue weighted by molar-refractivity contribution is 6.39. The molecule has 1 fully saturated rings. The first-order chi connectivity index (χ1) is 20.5. The molecule has 2 aromatic carbocycles. The second-order valence-corrected chi connectivity index (χ2v) is 11.1. The van der Waals surface area contributed by atoms with Crippen LogP contribution in [0.3, 0.4) is 0 Å². The molecule has 8 nitrogen and oxygen atoms in total. The standard InChI is InChI=1S/C32H31Cl2N5O3/c1-41-31-19(17-36-18-21-10-13-28(40)37-21)8-11-26(38-31)24-6-2-4-22(29(24)33)23-5-3-7-25(30(23)34)27-12-9-20-16-35-14-15-42-32(20)39-27/h2-9,11-12,21,35-36H,10,13-18H2,1H3,(H,37,40). The predicted molar refractivity (Wildman–Crippen MR) is 165 cm³/mol. The summed E-state index contributed by atoms with van der Waals surface area (Å²) in [6.45, 7) is 3.32. The second kappa shape index (κ2) is 12.7. The van der Waals surface area contributed by atoms with Gasteiger partial charge in [-0.05, 0) is 18.6 Å². The van der Waals surface area contributed by atoms with Gasteiger partial charge in [0.1, 0.15) is 6.61 Å². The van der Waals surface area contributed by atoms with Gasteiger partial charge in [0.05, 0.1) is 28.5 Å². The van der Waals surface area contributed by atoms with E-state index in [0.717, 1.165) is 58.6 Å². The van der Waals surface area contributed by atoms with Gasteiger partial charge in [-0.1, -0.05) is 71.7 Å². The number of pyridine rings is 2. The lowest BCUT2D eigenvalue weighted by Gasteiger charge is -2.16. The Morgan fingerprint density at radius 3 is 2.33 bits per heavy atom. The number of rotatable bonds is 8. The Morgan fingerprint density at radius 2 is 1.64 bits per heavy atom. The average molecular weight is 605 g/mol. The van der Waals surface area contributed by atoms with Gasteiger partial charge in [-0.25, -0.2) is 9.97 Å². The summed E-state index contributed by atoms with van der Waals surface area (Å²) in [6.07, 6.45) is 1.43. The quantitative estimate of drug-likeness (QED) is 0.240. The van der Waals surface area contributed by atoms with Crippen LogP contribution in [0, 0.1) is 0 Å². The maximum atomic E-state index is 11.5. The number of halogens is 2. The van der Waals surface area contributed by atoms with Gasteiger partial charge in [-0.3, -0.25) is 4.79 Å². The van der Waals surface area contributed by atoms with Crippen molar-refractivity contribution >= 4 is 29.1 Å². The van der Waals surface area contributed by atoms with Crippen LogP contribution < -0.4 is 25.4 Å². The fraction of sp³-hybridized carbons (Fsp3) is 0.281. The Balaban J connectivity index is 1.27. The zero-order valence-corrected chi connectivity index (χ0v) is 24.7. The summed E-state index contributed by atoms with van der Waals surface area (Å²) in [7, 11) is 1.61. The largest absolute Gasteiger partial charge is 0.481 e. The molecule has 2 aliphatic rings. The molecule has 0 radical (unpaired) electrons. The molecule has 4 aromatic rings. The number of nitrogens with one attached hydrogen (secondary N) is 3. The van der Waals surface area contributed by atoms with Gasteiger partial charge in [0.2, 0.25) is 17.7 Å². The minimum Gasteiger partial charge on any atom is -0.481 e. The van der Waals surface area contributed by atoms with Gasteiger partial charge >= 0.3 is 0 Å². The number of carbonyl (C=O) groups excluding carboxylic acids is 1. The Morgan fingerprint density at radius 1 is 0.952 bits per heavy atom. The van der Waals surface area contributed by atoms with Crippen LogP contribution in [0.5, 0.6) is 11.8 Å². The number of aromatic nitrogens is 2. The molecule has 0 aliphatic carbocycles. The van der Waals surface area contributed by atoms with Gasteiger partial charge in [0.25, 0.3) is 0 Å². The number of hydrogen-bond donors (Lipinski definition) is 3. The van der Waals surface area contributed by atoms with E-state index in [2.05, 4.69) is 16.0 Å². The van der Waals surface area contributed by atoms with E-state index in [4.69, 9.17) is 42.6 Å². The van der Waals surface area contributed by atoms with Crippen LogP contribution in [0.1, 0.15) is 24.0 Å². The SMILES string of the molecule is COc1nc(-c2cccc(-c3cccc(-c4ccc5c(n4)OCCNC5)c3Cl)c2Cl)ccc1CNCC1CCC(=O)N1. The third-order valence-corrected chi connectivity index (χ3v) is 8.35. The molecule has 0 bridgehead atoms. The van der Waals surface area contributed by atoms with Crippen molar-refractivity contribution in [3.05, 3.63) is 81.8 Å². The molecular weight excluding hydrogens is 573 g/mol. The van der Waals surface area contributed by atoms with E-state index in [1.165, 1.54) is 0 Å². The lowest BCUT2D eigenvalue weighted by molar-refractivity contribution is -0.119. The Labute approximate surface area is 254 Å². The molecule has 1 amide bonds. The molecule has 0 saturated carbocycles. The third-order valence-electron chi connectivity index (χ3n) is 7.54. The van der Waals surface area contributed by atoms with Gasteiger partial charge in [-0.15, -0.1) is 0 Å². The summed E-state index contributed by atoms with van der Waals surface area (Å²) in [6, 6.07) is 19.8. The molecule has 1 atom stereocenters. The van der Waals surface area contributed by atoms with Crippen LogP contribution in [0.25, 0.3) is 33.6 Å². The molecule has 2 aromatic heterocycles. The van der Waals surface area contributed by atoms with E-state index >= 15 is 0 Å². The zero-order chi connectivity index (χ0) is 29.1. The van der Waals surface area contributed by atoms with Crippen molar-refractivity contribution in [2.75, 3.05) is 26.8 Å². The fourth-order valence-electron chi connectivity index (χ4n) is 5.34. The highest BCUT2D eigenvalue weighted by atomic mass is 35.5. The maximum Gasteiger partial charge on any atom is 0.220 e. The van der Waals surface area contributed by atoms with Crippen LogP contribution in [-0.2, 0) is 17.9 Å². The van der Waals surface area contributed by atoms with Crippen LogP contribution in [0.2, 0.25) is 10.0 Å². The minimum absolute atomic E-state index is 0.107. The van der Waals surface area contributed by atoms with Crippen LogP contribution in [-0.4, -0.2) is 48.7 Å². The number of methoxy groups -OCH3 is 1. The molecule has 4 heterocycles. The van der Waals surface area contributed by atoms with Crippen LogP contribution in [0.15, 0.2) is 60.7 Å². The van der Waals surface area contributed by atoms with Crippen molar-refractivity contribution in [1.82, 2.24) is 25.9 Å². The lowest BCUT2D eigenvalue weighted by Crippen LogP contribution is -2.35. The van der Waals surface area contributed by atoms with E-state index in [1.54, 1.807) is 7.11 Å². The highest BCUT2D eigenvalue weighted by Crippen LogP contribution is 2.42. The number of fused-ring (bicyclic) bond motifs is 1. The normalized spacial score (nSPS) is 16.4. The third kappa shape index (κ3) is 5.94. The minimum atomic E-state index is 0.107. The molecule has 10 heteroatoms. The predicted octanol–water partition coefficient (Wildman–Crippen LogP) is 5.64. The number of amides is 1. The van der Waals surface area contributed by atoms with Gasteiger partial charge in [0, 0.05) is 72.0 Å². The summed E-state index contributed by atoms with van der Waals surface area (Å²) in [5.74, 6) is 1.25. The molecule has 216 valence electrons. The second-order valence-electron chi connectivity index (χ2n) is 10.3. The monoisotopic (exact) mass is 603 g/mol. The Bertz CT molecular complexity index is 1630. The maximum absolute atomic E-state index is 11.5. The lowest BCUT2D eigenvalue weighted by atomic mass is 9.98. The van der Waals surface area contributed by atoms with Crippen molar-refractivity contribution in [3.63, 3.8) is 0 Å². The number of carbonyl (C=O) groups is 1. The van der Waals surface area contributed by atoms with Gasteiger partial charge in [-0.2, -0.15) is 0 Å². The van der Waals surface area contributed by atoms with E-state index in [0.29, 0.717) is 53.6 Å². The molecule has 1 unspecified atom stereocenters. The van der Waals surface area contributed by atoms with Crippen LogP contribution >= 0.6 is 23.2 Å². The van der Waals surface area contributed by atoms with Gasteiger partial charge in [0.15, 0.2) is 0 Å². The van der Waals surface area contributed by atoms with Crippen LogP contribution in [0.4, 0.5) is 0 Å². The van der Waals surface area contributed by atoms with E-state index < -0.39 is 0 Å². The van der Waals surface area contributed by atoms with Gasteiger partial charge < -0.3 is 25.4 Å². The smallest absolute Gasteiger partial charge is 0.220 e. The molecule has 3 N–H and O–H groups in total. The first-order valence-corrected chi connectivity index (χ1v) is 14.7. The summed E-state index contributed by atoms with van der Waals surface area (Å²) >= 11 is 14.1. The summed E-state index contributed by atoms with van der Waals surface area (Å²) < 4.78 is 11.5. The number of nitrogens with zero attached hydrogens (tertiary/aromatic N) is 2. The first-order valence-electron chi connectivity index (χ1n) is 14.0. The molecule has 0 spiro atoms. The summed E-state index contributed by atoms with van der Waals surface area (Å²) in [5, 5.41) is 10.8. The number of ether oxygens (including phenoxy) is 2. The first kappa shape index (κ1) is 28.4. The van der Waals surface area contributed by atoms with Crippen molar-refractivity contribution < 1.29 is 14.3 Å². The summed E-state index contributed by atoms with van der Waals surface area (Å²) in [4.78, 5) is 21.0. The molecule has 2 aliphatic heterocycles. The summed E-state index contributed by atoms with van der Waals surface area (Å²) in [5.41, 5.74) is 6.53. The average Bonchev–Trinajstić information content (AvgIpc) is 3.27. The molecule has 42 heavy (non-hydrogen) atoms. The van der Waals surface area contributed by atoms with Crippen molar-refractivity contribution in [2.24, 2.45) is 0 Å². The van der Waals surface area contributed by atoms with Crippen molar-refractivity contribution in [2.45, 2.75) is 32.0 Å². The van der Waals surface area contributed by atoms with E-state index in [9.17, 15) is 4.79 Å². The van der Waals surface area contributed by atoms with Crippen molar-refractivity contribution in [1.29, 1.82) is 0 Å². The zero-order valence-electron chi connectivity index (χ0n) is 23.2. The molecule has 1 saturated heterocycles. The van der Waals surface area contributed by atoms with Crippen molar-refractivity contribution in [3.8, 4) is 45.4 Å². The Kier molecular flexibility index (Phi) is 8.58. The fourth-order valence-corrected chi connectivity index (χ4v) is 5.99. The highest BCUT2D eigenvalue weighted by Gasteiger charge is 2.21. The Hall–Kier alpha value is -3.69. The number of hydrogen-bond acceptors (Lipinski definition) is 7. The number of benzene rings is 2. The van der Waals surface area contributed by atoms with E-state index in [1.807, 2.05) is 60.7 Å². The van der Waals surface area contributed by atoms with E-state index in [-0.39, 0.29) is 11.9 Å². The molecule has 6 rings (SSSR count).